The van der Waals surface area contributed by atoms with Crippen molar-refractivity contribution >= 4 is 11.6 Å². The van der Waals surface area contributed by atoms with Gasteiger partial charge in [0.15, 0.2) is 0 Å². The van der Waals surface area contributed by atoms with E-state index in [1.807, 2.05) is 32.9 Å². The number of hydrogen-bond donors (Lipinski definition) is 2. The second kappa shape index (κ2) is 6.52. The number of hydrogen-bond acceptors (Lipinski definition) is 3. The van der Waals surface area contributed by atoms with Gasteiger partial charge in [0.2, 0.25) is 5.91 Å². The molecule has 1 atom stereocenters. The summed E-state index contributed by atoms with van der Waals surface area (Å²) in [5.41, 5.74) is 9.95. The molecule has 0 aliphatic rings. The summed E-state index contributed by atoms with van der Waals surface area (Å²) in [6.07, 6.45) is 0.520. The van der Waals surface area contributed by atoms with Gasteiger partial charge in [0.05, 0.1) is 6.04 Å². The van der Waals surface area contributed by atoms with Gasteiger partial charge in [-0.05, 0) is 38.3 Å². The Balaban J connectivity index is 2.76. The summed E-state index contributed by atoms with van der Waals surface area (Å²) in [7, 11) is 1.60. The standard InChI is InChI=1S/C14H22N2O2/c1-9-7-10(2)13(11(3)8-9)16-14(17)12(15)5-6-18-4/h7-8,12H,5-6,15H2,1-4H3,(H,16,17). The molecule has 1 aromatic rings. The lowest BCUT2D eigenvalue weighted by atomic mass is 10.0. The zero-order valence-electron chi connectivity index (χ0n) is 11.5. The smallest absolute Gasteiger partial charge is 0.241 e. The maximum absolute atomic E-state index is 11.9. The minimum Gasteiger partial charge on any atom is -0.385 e. The fourth-order valence-corrected chi connectivity index (χ4v) is 1.97. The Kier molecular flexibility index (Phi) is 5.31. The molecule has 0 bridgehead atoms. The van der Waals surface area contributed by atoms with E-state index in [4.69, 9.17) is 10.5 Å². The van der Waals surface area contributed by atoms with Crippen LogP contribution >= 0.6 is 0 Å². The lowest BCUT2D eigenvalue weighted by molar-refractivity contribution is -0.117. The summed E-state index contributed by atoms with van der Waals surface area (Å²) in [5.74, 6) is -0.165. The maximum Gasteiger partial charge on any atom is 0.241 e. The van der Waals surface area contributed by atoms with Gasteiger partial charge in [-0.25, -0.2) is 0 Å². The van der Waals surface area contributed by atoms with Crippen molar-refractivity contribution in [3.05, 3.63) is 28.8 Å². The topological polar surface area (TPSA) is 64.3 Å². The maximum atomic E-state index is 11.9. The van der Waals surface area contributed by atoms with E-state index in [2.05, 4.69) is 5.32 Å². The van der Waals surface area contributed by atoms with E-state index in [-0.39, 0.29) is 5.91 Å². The van der Waals surface area contributed by atoms with Gasteiger partial charge in [-0.1, -0.05) is 17.7 Å². The zero-order valence-corrected chi connectivity index (χ0v) is 11.5. The number of carbonyl (C=O) groups excluding carboxylic acids is 1. The summed E-state index contributed by atoms with van der Waals surface area (Å²) < 4.78 is 4.92. The van der Waals surface area contributed by atoms with Crippen molar-refractivity contribution < 1.29 is 9.53 Å². The first kappa shape index (κ1) is 14.7. The largest absolute Gasteiger partial charge is 0.385 e. The third-order valence-electron chi connectivity index (χ3n) is 2.89. The minimum absolute atomic E-state index is 0.165. The number of amides is 1. The van der Waals surface area contributed by atoms with Gasteiger partial charge in [-0.15, -0.1) is 0 Å². The number of ether oxygens (including phenoxy) is 1. The predicted molar refractivity (Wildman–Crippen MR) is 73.8 cm³/mol. The van der Waals surface area contributed by atoms with Gasteiger partial charge in [0.1, 0.15) is 0 Å². The van der Waals surface area contributed by atoms with Crippen molar-refractivity contribution in [2.75, 3.05) is 19.0 Å². The normalized spacial score (nSPS) is 12.3. The van der Waals surface area contributed by atoms with E-state index in [1.54, 1.807) is 7.11 Å². The molecule has 0 saturated carbocycles. The van der Waals surface area contributed by atoms with E-state index >= 15 is 0 Å². The second-order valence-electron chi connectivity index (χ2n) is 4.65. The summed E-state index contributed by atoms with van der Waals surface area (Å²) in [5, 5.41) is 2.89. The van der Waals surface area contributed by atoms with Crippen LogP contribution in [0.15, 0.2) is 12.1 Å². The Morgan fingerprint density at radius 2 is 1.89 bits per heavy atom. The molecule has 1 aromatic carbocycles. The molecule has 0 heterocycles. The number of rotatable bonds is 5. The molecule has 1 amide bonds. The quantitative estimate of drug-likeness (QED) is 0.839. The van der Waals surface area contributed by atoms with Crippen LogP contribution in [0.1, 0.15) is 23.1 Å². The molecule has 0 spiro atoms. The molecule has 0 fully saturated rings. The molecule has 0 aromatic heterocycles. The Morgan fingerprint density at radius 3 is 2.39 bits per heavy atom. The number of methoxy groups -OCH3 is 1. The fourth-order valence-electron chi connectivity index (χ4n) is 1.97. The van der Waals surface area contributed by atoms with Crippen LogP contribution < -0.4 is 11.1 Å². The molecule has 0 radical (unpaired) electrons. The number of benzene rings is 1. The van der Waals surface area contributed by atoms with Crippen LogP contribution in [-0.4, -0.2) is 25.7 Å². The fraction of sp³-hybridized carbons (Fsp3) is 0.500. The van der Waals surface area contributed by atoms with Gasteiger partial charge in [-0.3, -0.25) is 4.79 Å². The van der Waals surface area contributed by atoms with Crippen LogP contribution in [0.5, 0.6) is 0 Å². The van der Waals surface area contributed by atoms with Gasteiger partial charge < -0.3 is 15.8 Å². The highest BCUT2D eigenvalue weighted by atomic mass is 16.5. The lowest BCUT2D eigenvalue weighted by Gasteiger charge is -2.16. The van der Waals surface area contributed by atoms with E-state index in [9.17, 15) is 4.79 Å². The van der Waals surface area contributed by atoms with Crippen LogP contribution in [0.4, 0.5) is 5.69 Å². The molecule has 4 heteroatoms. The Labute approximate surface area is 109 Å². The summed E-state index contributed by atoms with van der Waals surface area (Å²) >= 11 is 0. The van der Waals surface area contributed by atoms with Crippen LogP contribution in [0.3, 0.4) is 0 Å². The van der Waals surface area contributed by atoms with Crippen molar-refractivity contribution in [2.24, 2.45) is 5.73 Å². The Morgan fingerprint density at radius 1 is 1.33 bits per heavy atom. The van der Waals surface area contributed by atoms with Gasteiger partial charge >= 0.3 is 0 Å². The predicted octanol–water partition coefficient (Wildman–Crippen LogP) is 1.91. The average molecular weight is 250 g/mol. The molecule has 1 unspecified atom stereocenters. The van der Waals surface area contributed by atoms with Gasteiger partial charge in [0, 0.05) is 19.4 Å². The second-order valence-corrected chi connectivity index (χ2v) is 4.65. The molecule has 1 rings (SSSR count). The summed E-state index contributed by atoms with van der Waals surface area (Å²) in [6.45, 7) is 6.49. The van der Waals surface area contributed by atoms with Crippen molar-refractivity contribution in [2.45, 2.75) is 33.2 Å². The monoisotopic (exact) mass is 250 g/mol. The van der Waals surface area contributed by atoms with Gasteiger partial charge in [0.25, 0.3) is 0 Å². The third kappa shape index (κ3) is 3.82. The van der Waals surface area contributed by atoms with E-state index in [0.29, 0.717) is 13.0 Å². The summed E-state index contributed by atoms with van der Waals surface area (Å²) in [4.78, 5) is 11.9. The van der Waals surface area contributed by atoms with Crippen molar-refractivity contribution in [3.8, 4) is 0 Å². The Hall–Kier alpha value is -1.39. The molecule has 4 nitrogen and oxygen atoms in total. The van der Waals surface area contributed by atoms with Crippen LogP contribution in [-0.2, 0) is 9.53 Å². The van der Waals surface area contributed by atoms with E-state index in [1.165, 1.54) is 5.56 Å². The first-order valence-electron chi connectivity index (χ1n) is 6.09. The molecular formula is C14H22N2O2. The van der Waals surface area contributed by atoms with Crippen molar-refractivity contribution in [3.63, 3.8) is 0 Å². The van der Waals surface area contributed by atoms with Crippen molar-refractivity contribution in [1.29, 1.82) is 0 Å². The van der Waals surface area contributed by atoms with E-state index in [0.717, 1.165) is 16.8 Å². The first-order valence-corrected chi connectivity index (χ1v) is 6.09. The summed E-state index contributed by atoms with van der Waals surface area (Å²) in [6, 6.07) is 3.55. The number of anilines is 1. The number of nitrogens with one attached hydrogen (secondary N) is 1. The first-order chi connectivity index (χ1) is 8.45. The van der Waals surface area contributed by atoms with Crippen molar-refractivity contribution in [1.82, 2.24) is 0 Å². The van der Waals surface area contributed by atoms with Crippen LogP contribution in [0, 0.1) is 20.8 Å². The molecule has 100 valence electrons. The lowest BCUT2D eigenvalue weighted by Crippen LogP contribution is -2.36. The Bertz CT molecular complexity index is 407. The van der Waals surface area contributed by atoms with E-state index < -0.39 is 6.04 Å². The highest BCUT2D eigenvalue weighted by Gasteiger charge is 2.15. The highest BCUT2D eigenvalue weighted by Crippen LogP contribution is 2.22. The highest BCUT2D eigenvalue weighted by molar-refractivity contribution is 5.96. The number of nitrogens with two attached hydrogens (primary N) is 1. The number of aryl methyl sites for hydroxylation is 3. The third-order valence-corrected chi connectivity index (χ3v) is 2.89. The van der Waals surface area contributed by atoms with Crippen LogP contribution in [0.25, 0.3) is 0 Å². The molecular weight excluding hydrogens is 228 g/mol. The molecule has 0 aliphatic carbocycles. The van der Waals surface area contributed by atoms with Crippen LogP contribution in [0.2, 0.25) is 0 Å². The minimum atomic E-state index is -0.537. The number of carbonyl (C=O) groups is 1. The molecule has 0 saturated heterocycles. The molecule has 3 N–H and O–H groups in total. The SMILES string of the molecule is COCCC(N)C(=O)Nc1c(C)cc(C)cc1C. The van der Waals surface area contributed by atoms with Gasteiger partial charge in [-0.2, -0.15) is 0 Å². The molecule has 0 aliphatic heterocycles. The average Bonchev–Trinajstić information content (AvgIpc) is 2.30. The zero-order chi connectivity index (χ0) is 13.7. The molecule has 18 heavy (non-hydrogen) atoms.